The van der Waals surface area contributed by atoms with Crippen molar-refractivity contribution in [2.45, 2.75) is 43.5 Å². The first kappa shape index (κ1) is 18.6. The molecular formula is C15H25N3O3S. The maximum Gasteiger partial charge on any atom is 0.240 e. The summed E-state index contributed by atoms with van der Waals surface area (Å²) in [5.41, 5.74) is 5.69. The predicted octanol–water partition coefficient (Wildman–Crippen LogP) is 0.989. The summed E-state index contributed by atoms with van der Waals surface area (Å²) in [5.74, 6) is -0.215. The van der Waals surface area contributed by atoms with Crippen molar-refractivity contribution in [3.8, 4) is 0 Å². The van der Waals surface area contributed by atoms with Crippen LogP contribution in [0.2, 0.25) is 0 Å². The quantitative estimate of drug-likeness (QED) is 0.629. The van der Waals surface area contributed by atoms with E-state index in [2.05, 4.69) is 10.0 Å². The van der Waals surface area contributed by atoms with Gasteiger partial charge in [0.2, 0.25) is 15.9 Å². The molecule has 1 rings (SSSR count). The lowest BCUT2D eigenvalue weighted by Crippen LogP contribution is -2.49. The average Bonchev–Trinajstić information content (AvgIpc) is 2.53. The summed E-state index contributed by atoms with van der Waals surface area (Å²) < 4.78 is 26.3. The molecule has 22 heavy (non-hydrogen) atoms. The third-order valence-electron chi connectivity index (χ3n) is 3.74. The molecule has 4 N–H and O–H groups in total. The first-order valence-corrected chi connectivity index (χ1v) is 8.91. The van der Waals surface area contributed by atoms with E-state index in [9.17, 15) is 13.2 Å². The summed E-state index contributed by atoms with van der Waals surface area (Å²) in [4.78, 5) is 11.9. The van der Waals surface area contributed by atoms with Gasteiger partial charge in [-0.15, -0.1) is 0 Å². The number of rotatable bonds is 9. The van der Waals surface area contributed by atoms with Crippen molar-refractivity contribution >= 4 is 15.9 Å². The van der Waals surface area contributed by atoms with Crippen LogP contribution in [0.25, 0.3) is 0 Å². The summed E-state index contributed by atoms with van der Waals surface area (Å²) in [6.45, 7) is 4.40. The highest BCUT2D eigenvalue weighted by molar-refractivity contribution is 7.89. The van der Waals surface area contributed by atoms with Gasteiger partial charge in [-0.3, -0.25) is 4.79 Å². The normalized spacial score (nSPS) is 12.1. The van der Waals surface area contributed by atoms with Crippen molar-refractivity contribution in [3.05, 3.63) is 30.3 Å². The van der Waals surface area contributed by atoms with E-state index in [4.69, 9.17) is 5.73 Å². The molecule has 0 fully saturated rings. The molecule has 0 bridgehead atoms. The Labute approximate surface area is 132 Å². The number of nitrogens with one attached hydrogen (secondary N) is 2. The van der Waals surface area contributed by atoms with Crippen LogP contribution in [0.1, 0.15) is 33.1 Å². The zero-order valence-electron chi connectivity index (χ0n) is 13.1. The lowest BCUT2D eigenvalue weighted by Gasteiger charge is -2.26. The van der Waals surface area contributed by atoms with Gasteiger partial charge < -0.3 is 11.1 Å². The summed E-state index contributed by atoms with van der Waals surface area (Å²) in [5, 5.41) is 2.75. The molecule has 1 amide bonds. The monoisotopic (exact) mass is 327 g/mol. The Morgan fingerprint density at radius 2 is 1.77 bits per heavy atom. The number of nitrogens with two attached hydrogens (primary N) is 1. The van der Waals surface area contributed by atoms with Gasteiger partial charge in [0.25, 0.3) is 0 Å². The zero-order valence-corrected chi connectivity index (χ0v) is 13.9. The lowest BCUT2D eigenvalue weighted by atomic mass is 9.94. The van der Waals surface area contributed by atoms with Crippen molar-refractivity contribution in [3.63, 3.8) is 0 Å². The Hall–Kier alpha value is -1.44. The highest BCUT2D eigenvalue weighted by Crippen LogP contribution is 2.09. The van der Waals surface area contributed by atoms with E-state index < -0.39 is 15.6 Å². The maximum absolute atomic E-state index is 12.0. The van der Waals surface area contributed by atoms with Crippen LogP contribution in [0.4, 0.5) is 0 Å². The van der Waals surface area contributed by atoms with E-state index in [-0.39, 0.29) is 23.8 Å². The van der Waals surface area contributed by atoms with E-state index >= 15 is 0 Å². The molecule has 0 atom stereocenters. The highest BCUT2D eigenvalue weighted by atomic mass is 32.2. The Bertz CT molecular complexity index is 569. The standard InChI is InChI=1S/C15H25N3O3S/c1-3-15(16,4-2)12-17-14(19)10-11-18-22(20,21)13-8-6-5-7-9-13/h5-9,18H,3-4,10-12,16H2,1-2H3,(H,17,19). The second kappa shape index (κ2) is 8.26. The van der Waals surface area contributed by atoms with Gasteiger partial charge in [0, 0.05) is 25.0 Å². The first-order chi connectivity index (χ1) is 10.3. The van der Waals surface area contributed by atoms with Gasteiger partial charge in [-0.1, -0.05) is 32.0 Å². The van der Waals surface area contributed by atoms with Gasteiger partial charge in [-0.2, -0.15) is 0 Å². The SMILES string of the molecule is CCC(N)(CC)CNC(=O)CCNS(=O)(=O)c1ccccc1. The van der Waals surface area contributed by atoms with Crippen molar-refractivity contribution in [1.82, 2.24) is 10.0 Å². The van der Waals surface area contributed by atoms with Crippen molar-refractivity contribution < 1.29 is 13.2 Å². The molecule has 0 saturated heterocycles. The molecule has 0 heterocycles. The number of hydrogen-bond acceptors (Lipinski definition) is 4. The van der Waals surface area contributed by atoms with Crippen LogP contribution in [0.15, 0.2) is 35.2 Å². The smallest absolute Gasteiger partial charge is 0.240 e. The third kappa shape index (κ3) is 5.75. The predicted molar refractivity (Wildman–Crippen MR) is 86.8 cm³/mol. The molecule has 0 aliphatic carbocycles. The molecule has 0 saturated carbocycles. The van der Waals surface area contributed by atoms with E-state index in [0.717, 1.165) is 12.8 Å². The summed E-state index contributed by atoms with van der Waals surface area (Å²) >= 11 is 0. The molecule has 124 valence electrons. The van der Waals surface area contributed by atoms with Gasteiger partial charge in [0.15, 0.2) is 0 Å². The van der Waals surface area contributed by atoms with Crippen LogP contribution in [0.5, 0.6) is 0 Å². The number of carbonyl (C=O) groups excluding carboxylic acids is 1. The molecular weight excluding hydrogens is 302 g/mol. The summed E-state index contributed by atoms with van der Waals surface area (Å²) in [6, 6.07) is 8.06. The highest BCUT2D eigenvalue weighted by Gasteiger charge is 2.21. The van der Waals surface area contributed by atoms with E-state index in [1.54, 1.807) is 18.2 Å². The molecule has 1 aromatic carbocycles. The number of sulfonamides is 1. The van der Waals surface area contributed by atoms with E-state index in [1.165, 1.54) is 12.1 Å². The largest absolute Gasteiger partial charge is 0.354 e. The van der Waals surface area contributed by atoms with Crippen LogP contribution in [0, 0.1) is 0 Å². The summed E-state index contributed by atoms with van der Waals surface area (Å²) in [6.07, 6.45) is 1.62. The van der Waals surface area contributed by atoms with Crippen LogP contribution < -0.4 is 15.8 Å². The summed E-state index contributed by atoms with van der Waals surface area (Å²) in [7, 11) is -3.56. The van der Waals surface area contributed by atoms with Crippen LogP contribution in [-0.4, -0.2) is 33.0 Å². The van der Waals surface area contributed by atoms with Crippen LogP contribution in [0.3, 0.4) is 0 Å². The number of hydrogen-bond donors (Lipinski definition) is 3. The molecule has 7 heteroatoms. The Morgan fingerprint density at radius 3 is 2.32 bits per heavy atom. The second-order valence-corrected chi connectivity index (χ2v) is 7.07. The van der Waals surface area contributed by atoms with E-state index in [0.29, 0.717) is 6.54 Å². The maximum atomic E-state index is 12.0. The molecule has 0 spiro atoms. The van der Waals surface area contributed by atoms with Gasteiger partial charge in [0.1, 0.15) is 0 Å². The molecule has 0 unspecified atom stereocenters. The molecule has 6 nitrogen and oxygen atoms in total. The van der Waals surface area contributed by atoms with Gasteiger partial charge in [0.05, 0.1) is 4.90 Å². The van der Waals surface area contributed by atoms with Crippen LogP contribution in [-0.2, 0) is 14.8 Å². The van der Waals surface area contributed by atoms with Crippen molar-refractivity contribution in [2.24, 2.45) is 5.73 Å². The number of benzene rings is 1. The zero-order chi connectivity index (χ0) is 16.6. The Morgan fingerprint density at radius 1 is 1.18 bits per heavy atom. The molecule has 1 aromatic rings. The third-order valence-corrected chi connectivity index (χ3v) is 5.22. The molecule has 0 radical (unpaired) electrons. The minimum Gasteiger partial charge on any atom is -0.354 e. The lowest BCUT2D eigenvalue weighted by molar-refractivity contribution is -0.121. The second-order valence-electron chi connectivity index (χ2n) is 5.31. The van der Waals surface area contributed by atoms with Gasteiger partial charge in [-0.25, -0.2) is 13.1 Å². The number of carbonyl (C=O) groups is 1. The number of amides is 1. The fraction of sp³-hybridized carbons (Fsp3) is 0.533. The fourth-order valence-corrected chi connectivity index (χ4v) is 2.90. The van der Waals surface area contributed by atoms with Crippen molar-refractivity contribution in [2.75, 3.05) is 13.1 Å². The van der Waals surface area contributed by atoms with Crippen LogP contribution >= 0.6 is 0 Å². The van der Waals surface area contributed by atoms with E-state index in [1.807, 2.05) is 13.8 Å². The molecule has 0 aliphatic heterocycles. The average molecular weight is 327 g/mol. The Balaban J connectivity index is 2.40. The molecule has 0 aliphatic rings. The Kier molecular flexibility index (Phi) is 6.99. The minimum atomic E-state index is -3.56. The van der Waals surface area contributed by atoms with Crippen molar-refractivity contribution in [1.29, 1.82) is 0 Å². The fourth-order valence-electron chi connectivity index (χ4n) is 1.84. The minimum absolute atomic E-state index is 0.0544. The van der Waals surface area contributed by atoms with Gasteiger partial charge >= 0.3 is 0 Å². The van der Waals surface area contributed by atoms with Gasteiger partial charge in [-0.05, 0) is 25.0 Å². The first-order valence-electron chi connectivity index (χ1n) is 7.43. The molecule has 0 aromatic heterocycles. The topological polar surface area (TPSA) is 101 Å².